The van der Waals surface area contributed by atoms with Gasteiger partial charge in [0.25, 0.3) is 0 Å². The van der Waals surface area contributed by atoms with Gasteiger partial charge in [0.1, 0.15) is 17.6 Å². The second-order valence-corrected chi connectivity index (χ2v) is 9.67. The fourth-order valence-corrected chi connectivity index (χ4v) is 5.02. The van der Waals surface area contributed by atoms with E-state index in [4.69, 9.17) is 16.6 Å². The van der Waals surface area contributed by atoms with Gasteiger partial charge >= 0.3 is 5.97 Å². The van der Waals surface area contributed by atoms with Crippen LogP contribution in [0.15, 0.2) is 83.4 Å². The molecule has 5 rings (SSSR count). The maximum absolute atomic E-state index is 11.4. The van der Waals surface area contributed by atoms with E-state index >= 15 is 0 Å². The number of rotatable bonds is 6. The summed E-state index contributed by atoms with van der Waals surface area (Å²) < 4.78 is 6.43. The molecule has 0 radical (unpaired) electrons. The fraction of sp³-hybridized carbons (Fsp3) is 0.207. The van der Waals surface area contributed by atoms with Crippen LogP contribution in [0.5, 0.6) is 0 Å². The zero-order valence-corrected chi connectivity index (χ0v) is 21.1. The van der Waals surface area contributed by atoms with Crippen molar-refractivity contribution in [2.45, 2.75) is 38.8 Å². The molecule has 2 aromatic carbocycles. The average molecular weight is 498 g/mol. The molecule has 0 bridgehead atoms. The lowest BCUT2D eigenvalue weighted by Gasteiger charge is -2.26. The number of aromatic nitrogens is 1. The Kier molecular flexibility index (Phi) is 6.33. The maximum Gasteiger partial charge on any atom is 0.335 e. The van der Waals surface area contributed by atoms with Crippen molar-refractivity contribution < 1.29 is 14.3 Å². The summed E-state index contributed by atoms with van der Waals surface area (Å²) in [6, 6.07) is 22.8. The Morgan fingerprint density at radius 3 is 2.50 bits per heavy atom. The zero-order valence-electron chi connectivity index (χ0n) is 20.3. The van der Waals surface area contributed by atoms with E-state index < -0.39 is 5.97 Å². The van der Waals surface area contributed by atoms with Crippen molar-refractivity contribution in [2.75, 3.05) is 4.90 Å². The summed E-state index contributed by atoms with van der Waals surface area (Å²) in [6.07, 6.45) is 1.78. The molecule has 2 atom stereocenters. The predicted octanol–water partition coefficient (Wildman–Crippen LogP) is 6.65. The lowest BCUT2D eigenvalue weighted by atomic mass is 10.0. The number of aryl methyl sites for hydroxylation is 1. The summed E-state index contributed by atoms with van der Waals surface area (Å²) in [7, 11) is 0. The topological polar surface area (TPSA) is 78.6 Å². The number of carboxylic acids is 1. The highest BCUT2D eigenvalue weighted by Crippen LogP contribution is 2.43. The molecule has 1 fully saturated rings. The number of nitrogens with one attached hydrogen (secondary N) is 1. The minimum atomic E-state index is -0.951. The molecule has 2 aromatic heterocycles. The van der Waals surface area contributed by atoms with Crippen LogP contribution in [0.2, 0.25) is 0 Å². The largest absolute Gasteiger partial charge is 0.478 e. The molecular formula is C29H27N3O3S. The van der Waals surface area contributed by atoms with Gasteiger partial charge < -0.3 is 19.7 Å². The number of hydrogen-bond donors (Lipinski definition) is 2. The molecule has 182 valence electrons. The molecule has 3 heterocycles. The van der Waals surface area contributed by atoms with Crippen molar-refractivity contribution in [3.8, 4) is 11.3 Å². The van der Waals surface area contributed by atoms with Crippen molar-refractivity contribution in [3.63, 3.8) is 0 Å². The molecule has 0 unspecified atom stereocenters. The molecule has 0 amide bonds. The van der Waals surface area contributed by atoms with Crippen LogP contribution in [0, 0.1) is 6.92 Å². The van der Waals surface area contributed by atoms with Crippen molar-refractivity contribution >= 4 is 29.0 Å². The van der Waals surface area contributed by atoms with Gasteiger partial charge in [0.15, 0.2) is 5.11 Å². The number of pyridine rings is 1. The van der Waals surface area contributed by atoms with Gasteiger partial charge in [0.2, 0.25) is 0 Å². The first kappa shape index (κ1) is 23.8. The van der Waals surface area contributed by atoms with Crippen LogP contribution in [-0.4, -0.2) is 21.2 Å². The molecule has 1 aliphatic heterocycles. The number of aromatic carboxylic acids is 1. The zero-order chi connectivity index (χ0) is 25.4. The summed E-state index contributed by atoms with van der Waals surface area (Å²) >= 11 is 5.81. The molecule has 1 saturated heterocycles. The van der Waals surface area contributed by atoms with Crippen LogP contribution in [0.3, 0.4) is 0 Å². The minimum Gasteiger partial charge on any atom is -0.478 e. The van der Waals surface area contributed by atoms with E-state index in [1.165, 1.54) is 5.56 Å². The number of furan rings is 1. The van der Waals surface area contributed by atoms with Gasteiger partial charge in [0.05, 0.1) is 17.3 Å². The third-order valence-corrected chi connectivity index (χ3v) is 6.91. The van der Waals surface area contributed by atoms with Crippen LogP contribution in [0.1, 0.15) is 64.8 Å². The van der Waals surface area contributed by atoms with Gasteiger partial charge in [-0.3, -0.25) is 4.98 Å². The molecule has 0 saturated carbocycles. The maximum atomic E-state index is 11.4. The van der Waals surface area contributed by atoms with Gasteiger partial charge in [-0.15, -0.1) is 0 Å². The third kappa shape index (κ3) is 4.38. The molecule has 0 aliphatic carbocycles. The van der Waals surface area contributed by atoms with Crippen molar-refractivity contribution in [1.82, 2.24) is 10.3 Å². The number of thiocarbonyl (C=S) groups is 1. The van der Waals surface area contributed by atoms with Crippen molar-refractivity contribution in [1.29, 1.82) is 0 Å². The Balaban J connectivity index is 1.57. The van der Waals surface area contributed by atoms with E-state index in [2.05, 4.69) is 53.3 Å². The van der Waals surface area contributed by atoms with Crippen LogP contribution in [0.4, 0.5) is 5.69 Å². The molecule has 4 aromatic rings. The number of anilines is 1. The second kappa shape index (κ2) is 9.59. The summed E-state index contributed by atoms with van der Waals surface area (Å²) in [5.74, 6) is 0.894. The van der Waals surface area contributed by atoms with Crippen LogP contribution >= 0.6 is 12.2 Å². The number of carbonyl (C=O) groups is 1. The van der Waals surface area contributed by atoms with Crippen LogP contribution < -0.4 is 10.2 Å². The quantitative estimate of drug-likeness (QED) is 0.289. The van der Waals surface area contributed by atoms with E-state index in [-0.39, 0.29) is 17.6 Å². The Bertz CT molecular complexity index is 1410. The smallest absolute Gasteiger partial charge is 0.335 e. The standard InChI is InChI=1S/C29H27N3O3S/c1-17(2)19-7-10-21(11-8-19)32-27(26(31-29(32)36)23-6-4-5-15-30-23)25-14-13-24(35-25)22-12-9-20(28(33)34)16-18(22)3/h4-17,26-27H,1-3H3,(H,31,36)(H,33,34)/t26-,27-/m1/s1. The highest BCUT2D eigenvalue weighted by atomic mass is 32.1. The van der Waals surface area contributed by atoms with Gasteiger partial charge in [-0.25, -0.2) is 4.79 Å². The van der Waals surface area contributed by atoms with Crippen molar-refractivity contribution in [2.24, 2.45) is 0 Å². The van der Waals surface area contributed by atoms with Crippen LogP contribution in [-0.2, 0) is 0 Å². The monoisotopic (exact) mass is 497 g/mol. The Hall–Kier alpha value is -3.97. The van der Waals surface area contributed by atoms with E-state index in [1.807, 2.05) is 37.3 Å². The Labute approximate surface area is 215 Å². The van der Waals surface area contributed by atoms with Gasteiger partial charge in [-0.1, -0.05) is 38.1 Å². The molecule has 7 heteroatoms. The number of benzene rings is 2. The van der Waals surface area contributed by atoms with Gasteiger partial charge in [-0.05, 0) is 84.7 Å². The summed E-state index contributed by atoms with van der Waals surface area (Å²) in [6.45, 7) is 6.23. The first-order chi connectivity index (χ1) is 17.3. The minimum absolute atomic E-state index is 0.210. The summed E-state index contributed by atoms with van der Waals surface area (Å²) in [5.41, 5.74) is 5.03. The number of carboxylic acid groups (broad SMARTS) is 1. The van der Waals surface area contributed by atoms with Gasteiger partial charge in [0, 0.05) is 17.4 Å². The molecule has 6 nitrogen and oxygen atoms in total. The normalized spacial score (nSPS) is 17.4. The number of nitrogens with zero attached hydrogens (tertiary/aromatic N) is 2. The third-order valence-electron chi connectivity index (χ3n) is 6.59. The first-order valence-corrected chi connectivity index (χ1v) is 12.3. The van der Waals surface area contributed by atoms with E-state index in [1.54, 1.807) is 24.4 Å². The molecule has 0 spiro atoms. The first-order valence-electron chi connectivity index (χ1n) is 11.9. The SMILES string of the molecule is Cc1cc(C(=O)O)ccc1-c1ccc([C@@H]2[C@@H](c3ccccn3)NC(=S)N2c2ccc(C(C)C)cc2)o1. The molecular weight excluding hydrogens is 470 g/mol. The predicted molar refractivity (Wildman–Crippen MR) is 144 cm³/mol. The molecule has 1 aliphatic rings. The number of hydrogen-bond acceptors (Lipinski definition) is 4. The van der Waals surface area contributed by atoms with Crippen molar-refractivity contribution in [3.05, 3.63) is 107 Å². The lowest BCUT2D eigenvalue weighted by Crippen LogP contribution is -2.29. The lowest BCUT2D eigenvalue weighted by molar-refractivity contribution is 0.0696. The average Bonchev–Trinajstić information content (AvgIpc) is 3.49. The summed E-state index contributed by atoms with van der Waals surface area (Å²) in [5, 5.41) is 13.4. The van der Waals surface area contributed by atoms with E-state index in [9.17, 15) is 9.90 Å². The Morgan fingerprint density at radius 1 is 1.08 bits per heavy atom. The molecule has 36 heavy (non-hydrogen) atoms. The van der Waals surface area contributed by atoms with E-state index in [0.29, 0.717) is 16.8 Å². The highest BCUT2D eigenvalue weighted by molar-refractivity contribution is 7.80. The van der Waals surface area contributed by atoms with Gasteiger partial charge in [-0.2, -0.15) is 0 Å². The highest BCUT2D eigenvalue weighted by Gasteiger charge is 2.42. The Morgan fingerprint density at radius 2 is 1.86 bits per heavy atom. The van der Waals surface area contributed by atoms with Crippen LogP contribution in [0.25, 0.3) is 11.3 Å². The van der Waals surface area contributed by atoms with E-state index in [0.717, 1.165) is 28.3 Å². The summed E-state index contributed by atoms with van der Waals surface area (Å²) in [4.78, 5) is 18.0. The second-order valence-electron chi connectivity index (χ2n) is 9.28. The molecule has 2 N–H and O–H groups in total. The fourth-order valence-electron chi connectivity index (χ4n) is 4.67.